The fraction of sp³-hybridized carbons (Fsp3) is 0.371. The molecule has 202 valence electrons. The van der Waals surface area contributed by atoms with Crippen molar-refractivity contribution in [2.24, 2.45) is 10.8 Å². The van der Waals surface area contributed by atoms with Crippen LogP contribution < -0.4 is 24.8 Å². The van der Waals surface area contributed by atoms with E-state index in [0.29, 0.717) is 5.41 Å². The number of allylic oxidation sites excluding steroid dienone is 4. The van der Waals surface area contributed by atoms with E-state index in [-0.39, 0.29) is 30.2 Å². The Kier molecular flexibility index (Phi) is 14.6. The van der Waals surface area contributed by atoms with Crippen molar-refractivity contribution < 1.29 is 49.0 Å². The van der Waals surface area contributed by atoms with Gasteiger partial charge in [0.1, 0.15) is 0 Å². The summed E-state index contributed by atoms with van der Waals surface area (Å²) < 4.78 is 1.42. The minimum atomic E-state index is 0. The van der Waals surface area contributed by atoms with Gasteiger partial charge in [0.25, 0.3) is 0 Å². The molecule has 0 atom stereocenters. The molecule has 0 nitrogen and oxygen atoms in total. The Bertz CT molecular complexity index is 1110. The summed E-state index contributed by atoms with van der Waals surface area (Å²) in [5, 5.41) is 0. The molecule has 0 N–H and O–H groups in total. The third kappa shape index (κ3) is 10.3. The zero-order chi connectivity index (χ0) is 26.2. The quantitative estimate of drug-likeness (QED) is 0.385. The molecule has 0 bridgehead atoms. The molecular formula is C35H42Cl2Zr-2. The van der Waals surface area contributed by atoms with Crippen LogP contribution in [0.5, 0.6) is 0 Å². The summed E-state index contributed by atoms with van der Waals surface area (Å²) in [7, 11) is 0. The third-order valence-corrected chi connectivity index (χ3v) is 8.26. The van der Waals surface area contributed by atoms with Gasteiger partial charge in [-0.3, -0.25) is 6.08 Å². The number of benzene rings is 2. The van der Waals surface area contributed by atoms with Gasteiger partial charge in [0.2, 0.25) is 0 Å². The zero-order valence-corrected chi connectivity index (χ0v) is 27.8. The van der Waals surface area contributed by atoms with E-state index in [2.05, 4.69) is 133 Å². The molecule has 0 fully saturated rings. The number of hydrogen-bond donors (Lipinski definition) is 0. The van der Waals surface area contributed by atoms with E-state index in [1.54, 1.807) is 16.7 Å². The van der Waals surface area contributed by atoms with Crippen LogP contribution in [-0.2, 0) is 37.1 Å². The molecule has 0 heterocycles. The standard InChI is InChI=1S/C13H10.C13H21.C9H11.2ClH.Zr/c1-3-7-12(8-4-1)11-13-9-5-2-6-10-13;1-12(2,3)10-8-7-9-11(10)13(4,5)6;1-2-5-9-7-3-6-8(9)4-1;;;/h1-10H;8H,9H2,1-6H3;3,6-7H,1-2,4-5H2;2*1H;/q;2*-1;;;+2/p-2. The molecule has 3 aromatic carbocycles. The first-order chi connectivity index (χ1) is 17.1. The number of fused-ring (bicyclic) bond motifs is 1. The molecule has 0 amide bonds. The van der Waals surface area contributed by atoms with Gasteiger partial charge in [0.05, 0.1) is 0 Å². The Morgan fingerprint density at radius 1 is 0.737 bits per heavy atom. The average molecular weight is 625 g/mol. The molecule has 0 saturated heterocycles. The van der Waals surface area contributed by atoms with Crippen molar-refractivity contribution in [3.8, 4) is 0 Å². The number of hydrogen-bond acceptors (Lipinski definition) is 0. The van der Waals surface area contributed by atoms with Crippen LogP contribution >= 0.6 is 0 Å². The molecule has 3 aromatic rings. The van der Waals surface area contributed by atoms with Crippen LogP contribution in [0.2, 0.25) is 0 Å². The molecule has 38 heavy (non-hydrogen) atoms. The number of halogens is 2. The maximum absolute atomic E-state index is 3.34. The summed E-state index contributed by atoms with van der Waals surface area (Å²) in [4.78, 5) is 0. The van der Waals surface area contributed by atoms with Crippen molar-refractivity contribution in [1.29, 1.82) is 0 Å². The van der Waals surface area contributed by atoms with Gasteiger partial charge in [-0.05, 0) is 5.41 Å². The second kappa shape index (κ2) is 16.0. The van der Waals surface area contributed by atoms with Crippen molar-refractivity contribution in [3.05, 3.63) is 124 Å². The first-order valence-corrected chi connectivity index (χ1v) is 14.5. The van der Waals surface area contributed by atoms with Crippen LogP contribution in [0.4, 0.5) is 0 Å². The molecule has 0 spiro atoms. The van der Waals surface area contributed by atoms with Crippen molar-refractivity contribution >= 4 is 3.21 Å². The predicted octanol–water partition coefficient (Wildman–Crippen LogP) is 3.23. The van der Waals surface area contributed by atoms with Crippen molar-refractivity contribution in [1.82, 2.24) is 0 Å². The Morgan fingerprint density at radius 2 is 1.26 bits per heavy atom. The Labute approximate surface area is 259 Å². The fourth-order valence-corrected chi connectivity index (χ4v) is 5.58. The van der Waals surface area contributed by atoms with Crippen LogP contribution in [0.15, 0.2) is 96.1 Å². The third-order valence-electron chi connectivity index (χ3n) is 6.84. The largest absolute Gasteiger partial charge is 0.210 e. The number of aryl methyl sites for hydroxylation is 2. The normalized spacial score (nSPS) is 14.1. The average Bonchev–Trinajstić information content (AvgIpc) is 3.55. The summed E-state index contributed by atoms with van der Waals surface area (Å²) >= 11 is 1.46. The fourth-order valence-electron chi connectivity index (χ4n) is 4.77. The molecule has 0 unspecified atom stereocenters. The Hall–Kier alpha value is -1.40. The second-order valence-corrected chi connectivity index (χ2v) is 13.0. The molecule has 5 rings (SSSR count). The van der Waals surface area contributed by atoms with Crippen molar-refractivity contribution in [3.63, 3.8) is 0 Å². The molecule has 3 heteroatoms. The topological polar surface area (TPSA) is 0 Å². The maximum atomic E-state index is 3.34. The summed E-state index contributed by atoms with van der Waals surface area (Å²) in [6.45, 7) is 13.7. The van der Waals surface area contributed by atoms with Gasteiger partial charge in [-0.1, -0.05) is 72.6 Å². The predicted molar refractivity (Wildman–Crippen MR) is 153 cm³/mol. The van der Waals surface area contributed by atoms with Crippen LogP contribution in [0.1, 0.15) is 83.1 Å². The first kappa shape index (κ1) is 34.6. The van der Waals surface area contributed by atoms with E-state index in [1.165, 1.54) is 69.8 Å². The van der Waals surface area contributed by atoms with Gasteiger partial charge in [0, 0.05) is 0 Å². The van der Waals surface area contributed by atoms with Crippen LogP contribution in [0.25, 0.3) is 0 Å². The Balaban J connectivity index is 0.000000283. The molecule has 2 aliphatic carbocycles. The smallest absolute Gasteiger partial charge is 0.0512 e. The summed E-state index contributed by atoms with van der Waals surface area (Å²) in [6, 6.07) is 27.8. The SMILES string of the molecule is CC(C)(C)C1=C(C(C)(C)C)C[C-]=C1.[Cl-].[Cl-].[Zr+2]=[C](c1ccccc1)c1ccccc1.c1cc2c([cH-]1)CCCC2. The van der Waals surface area contributed by atoms with Gasteiger partial charge in [-0.25, -0.2) is 12.1 Å². The monoisotopic (exact) mass is 622 g/mol. The van der Waals surface area contributed by atoms with Crippen molar-refractivity contribution in [2.75, 3.05) is 0 Å². The molecule has 0 saturated carbocycles. The van der Waals surface area contributed by atoms with Gasteiger partial charge >= 0.3 is 99.2 Å². The number of rotatable bonds is 2. The molecule has 2 aliphatic rings. The van der Waals surface area contributed by atoms with Crippen LogP contribution in [-0.4, -0.2) is 3.21 Å². The van der Waals surface area contributed by atoms with E-state index < -0.39 is 0 Å². The second-order valence-electron chi connectivity index (χ2n) is 11.8. The van der Waals surface area contributed by atoms with Gasteiger partial charge in [-0.15, -0.1) is 6.42 Å². The van der Waals surface area contributed by atoms with Gasteiger partial charge in [0.15, 0.2) is 0 Å². The molecule has 0 aromatic heterocycles. The van der Waals surface area contributed by atoms with Crippen molar-refractivity contribution in [2.45, 2.75) is 73.6 Å². The molecule has 0 aliphatic heterocycles. The minimum Gasteiger partial charge on any atom is -0.210 e. The molecular weight excluding hydrogens is 583 g/mol. The molecule has 0 radical (unpaired) electrons. The van der Waals surface area contributed by atoms with E-state index in [9.17, 15) is 0 Å². The van der Waals surface area contributed by atoms with Gasteiger partial charge < -0.3 is 24.8 Å². The van der Waals surface area contributed by atoms with Crippen LogP contribution in [0, 0.1) is 16.9 Å². The van der Waals surface area contributed by atoms with E-state index in [0.717, 1.165) is 6.42 Å². The Morgan fingerprint density at radius 3 is 1.71 bits per heavy atom. The van der Waals surface area contributed by atoms with Crippen LogP contribution in [0.3, 0.4) is 0 Å². The minimum absolute atomic E-state index is 0. The van der Waals surface area contributed by atoms with E-state index in [1.807, 2.05) is 0 Å². The maximum Gasteiger partial charge on any atom is -0.0512 e. The first-order valence-electron chi connectivity index (χ1n) is 13.3. The summed E-state index contributed by atoms with van der Waals surface area (Å²) in [6.07, 6.45) is 12.0. The summed E-state index contributed by atoms with van der Waals surface area (Å²) in [5.74, 6) is 0. The summed E-state index contributed by atoms with van der Waals surface area (Å²) in [5.41, 5.74) is 9.46. The van der Waals surface area contributed by atoms with E-state index in [4.69, 9.17) is 0 Å². The van der Waals surface area contributed by atoms with Gasteiger partial charge in [-0.2, -0.15) is 34.4 Å². The van der Waals surface area contributed by atoms with E-state index >= 15 is 0 Å². The zero-order valence-electron chi connectivity index (χ0n) is 23.9.